The number of aromatic nitrogens is 5. The lowest BCUT2D eigenvalue weighted by Crippen LogP contribution is -2.16. The molecule has 0 unspecified atom stereocenters. The molecule has 1 amide bonds. The number of hydrogen-bond acceptors (Lipinski definition) is 4. The van der Waals surface area contributed by atoms with Crippen LogP contribution in [0.4, 0.5) is 23.4 Å². The highest BCUT2D eigenvalue weighted by Crippen LogP contribution is 2.32. The second-order valence-corrected chi connectivity index (χ2v) is 9.16. The first-order chi connectivity index (χ1) is 18.0. The van der Waals surface area contributed by atoms with E-state index in [9.17, 15) is 22.4 Å². The Morgan fingerprint density at radius 2 is 1.76 bits per heavy atom. The minimum atomic E-state index is -4.77. The van der Waals surface area contributed by atoms with Crippen molar-refractivity contribution in [2.75, 3.05) is 5.32 Å². The average molecular weight is 563 g/mol. The standard InChI is InChI=1S/C25H16Cl2F4N6O/c1-13-9-22(35-36(13)12-16-17(27)3-2-4-18(16)28)33-24(38)20-11-23-32-19(14-5-7-15(26)8-6-14)10-21(25(29,30)31)37(23)34-20/h2-11H,12H2,1H3,(H,33,35,38). The van der Waals surface area contributed by atoms with Crippen molar-refractivity contribution < 1.29 is 22.4 Å². The summed E-state index contributed by atoms with van der Waals surface area (Å²) >= 11 is 12.0. The van der Waals surface area contributed by atoms with E-state index in [1.807, 2.05) is 0 Å². The third-order valence-corrected chi connectivity index (χ3v) is 6.29. The first kappa shape index (κ1) is 25.7. The number of carbonyl (C=O) groups excluding carboxylic acids is 1. The van der Waals surface area contributed by atoms with Crippen molar-refractivity contribution in [2.24, 2.45) is 0 Å². The predicted octanol–water partition coefficient (Wildman–Crippen LogP) is 6.67. The Morgan fingerprint density at radius 3 is 2.45 bits per heavy atom. The first-order valence-corrected chi connectivity index (χ1v) is 11.8. The molecule has 0 fully saturated rings. The Balaban J connectivity index is 1.45. The number of benzene rings is 2. The molecule has 3 aromatic heterocycles. The van der Waals surface area contributed by atoms with Gasteiger partial charge in [-0.3, -0.25) is 9.48 Å². The Kier molecular flexibility index (Phi) is 6.58. The lowest BCUT2D eigenvalue weighted by Gasteiger charge is -2.11. The zero-order valence-electron chi connectivity index (χ0n) is 19.4. The van der Waals surface area contributed by atoms with Crippen LogP contribution in [0.1, 0.15) is 27.4 Å². The van der Waals surface area contributed by atoms with Gasteiger partial charge in [-0.15, -0.1) is 0 Å². The number of carbonyl (C=O) groups is 1. The number of amides is 1. The number of halogens is 6. The van der Waals surface area contributed by atoms with Crippen molar-refractivity contribution in [2.45, 2.75) is 19.6 Å². The fourth-order valence-electron chi connectivity index (χ4n) is 3.80. The molecule has 5 aromatic rings. The van der Waals surface area contributed by atoms with E-state index >= 15 is 0 Å². The van der Waals surface area contributed by atoms with Gasteiger partial charge in [-0.05, 0) is 37.3 Å². The number of anilines is 1. The predicted molar refractivity (Wildman–Crippen MR) is 134 cm³/mol. The van der Waals surface area contributed by atoms with Crippen LogP contribution in [0.5, 0.6) is 0 Å². The maximum Gasteiger partial charge on any atom is 0.433 e. The van der Waals surface area contributed by atoms with Crippen LogP contribution in [0.3, 0.4) is 0 Å². The van der Waals surface area contributed by atoms with Crippen LogP contribution in [0.15, 0.2) is 60.7 Å². The Morgan fingerprint density at radius 1 is 1.03 bits per heavy atom. The van der Waals surface area contributed by atoms with Crippen molar-refractivity contribution in [3.05, 3.63) is 99.2 Å². The van der Waals surface area contributed by atoms with E-state index in [-0.39, 0.29) is 40.0 Å². The van der Waals surface area contributed by atoms with E-state index in [4.69, 9.17) is 23.2 Å². The first-order valence-electron chi connectivity index (χ1n) is 11.0. The zero-order valence-corrected chi connectivity index (χ0v) is 20.9. The summed E-state index contributed by atoms with van der Waals surface area (Å²) in [5.74, 6) is -1.21. The van der Waals surface area contributed by atoms with Gasteiger partial charge in [0.1, 0.15) is 5.82 Å². The van der Waals surface area contributed by atoms with E-state index in [0.717, 1.165) is 12.1 Å². The minimum absolute atomic E-state index is 0.00785. The number of aryl methyl sites for hydroxylation is 1. The summed E-state index contributed by atoms with van der Waals surface area (Å²) in [6.45, 7) is 1.70. The molecule has 0 saturated carbocycles. The summed E-state index contributed by atoms with van der Waals surface area (Å²) in [5, 5.41) is 11.2. The van der Waals surface area contributed by atoms with E-state index in [2.05, 4.69) is 20.5 Å². The van der Waals surface area contributed by atoms with Gasteiger partial charge in [0.2, 0.25) is 0 Å². The Labute approximate surface area is 222 Å². The molecule has 0 aliphatic heterocycles. The van der Waals surface area contributed by atoms with Gasteiger partial charge < -0.3 is 5.32 Å². The van der Waals surface area contributed by atoms with E-state index in [1.165, 1.54) is 35.0 Å². The molecular weight excluding hydrogens is 547 g/mol. The second kappa shape index (κ2) is 9.73. The molecule has 13 heteroatoms. The number of rotatable bonds is 5. The number of hydrogen-bond donors (Lipinski definition) is 1. The summed E-state index contributed by atoms with van der Waals surface area (Å²) in [4.78, 5) is 17.1. The third kappa shape index (κ3) is 5.07. The van der Waals surface area contributed by atoms with Gasteiger partial charge in [-0.2, -0.15) is 23.4 Å². The van der Waals surface area contributed by atoms with Crippen molar-refractivity contribution in [3.63, 3.8) is 0 Å². The molecule has 0 atom stereocenters. The maximum atomic E-state index is 14.2. The van der Waals surface area contributed by atoms with Crippen molar-refractivity contribution in [1.29, 1.82) is 0 Å². The summed E-state index contributed by atoms with van der Waals surface area (Å²) < 4.78 is 57.8. The number of alkyl halides is 3. The van der Waals surface area contributed by atoms with Gasteiger partial charge in [-0.1, -0.05) is 41.4 Å². The third-order valence-electron chi connectivity index (χ3n) is 5.68. The zero-order chi connectivity index (χ0) is 27.2. The molecule has 0 aliphatic carbocycles. The normalized spacial score (nSPS) is 11.8. The molecule has 5 rings (SSSR count). The van der Waals surface area contributed by atoms with Crippen LogP contribution >= 0.6 is 23.2 Å². The SMILES string of the molecule is Cc1cc(NC(=O)c2cc3nc(-c4ccc(Cl)cc4)cc(C(F)(F)F)n3n2)nn1Cc1c(F)cccc1Cl. The van der Waals surface area contributed by atoms with Crippen molar-refractivity contribution in [1.82, 2.24) is 24.4 Å². The number of fused-ring (bicyclic) bond motifs is 1. The van der Waals surface area contributed by atoms with Crippen LogP contribution < -0.4 is 5.32 Å². The second-order valence-electron chi connectivity index (χ2n) is 8.31. The van der Waals surface area contributed by atoms with Gasteiger partial charge in [0.25, 0.3) is 5.91 Å². The summed E-state index contributed by atoms with van der Waals surface area (Å²) in [6.07, 6.45) is -4.77. The maximum absolute atomic E-state index is 14.2. The molecule has 0 aliphatic rings. The van der Waals surface area contributed by atoms with Crippen LogP contribution in [0, 0.1) is 12.7 Å². The van der Waals surface area contributed by atoms with Gasteiger partial charge in [0, 0.05) is 39.0 Å². The highest BCUT2D eigenvalue weighted by molar-refractivity contribution is 6.31. The van der Waals surface area contributed by atoms with E-state index in [1.54, 1.807) is 25.1 Å². The molecule has 0 radical (unpaired) electrons. The van der Waals surface area contributed by atoms with Crippen LogP contribution in [-0.2, 0) is 12.7 Å². The van der Waals surface area contributed by atoms with Crippen LogP contribution in [0.25, 0.3) is 16.9 Å². The highest BCUT2D eigenvalue weighted by atomic mass is 35.5. The quantitative estimate of drug-likeness (QED) is 0.243. The fraction of sp³-hybridized carbons (Fsp3) is 0.120. The largest absolute Gasteiger partial charge is 0.433 e. The van der Waals surface area contributed by atoms with Gasteiger partial charge >= 0.3 is 6.18 Å². The fourth-order valence-corrected chi connectivity index (χ4v) is 4.15. The Bertz CT molecular complexity index is 1660. The van der Waals surface area contributed by atoms with Gasteiger partial charge in [-0.25, -0.2) is 13.9 Å². The molecule has 0 spiro atoms. The molecule has 0 saturated heterocycles. The summed E-state index contributed by atoms with van der Waals surface area (Å²) in [6, 6.07) is 14.0. The molecule has 7 nitrogen and oxygen atoms in total. The molecule has 38 heavy (non-hydrogen) atoms. The molecule has 3 heterocycles. The lowest BCUT2D eigenvalue weighted by atomic mass is 10.1. The molecule has 0 bridgehead atoms. The van der Waals surface area contributed by atoms with E-state index < -0.39 is 23.6 Å². The van der Waals surface area contributed by atoms with E-state index in [0.29, 0.717) is 20.8 Å². The van der Waals surface area contributed by atoms with Crippen LogP contribution in [-0.4, -0.2) is 30.3 Å². The van der Waals surface area contributed by atoms with Gasteiger partial charge in [0.15, 0.2) is 22.9 Å². The molecule has 194 valence electrons. The number of nitrogens with one attached hydrogen (secondary N) is 1. The molecule has 2 aromatic carbocycles. The van der Waals surface area contributed by atoms with Crippen LogP contribution in [0.2, 0.25) is 10.0 Å². The smallest absolute Gasteiger partial charge is 0.304 e. The number of nitrogens with zero attached hydrogens (tertiary/aromatic N) is 5. The average Bonchev–Trinajstić information content (AvgIpc) is 3.43. The lowest BCUT2D eigenvalue weighted by molar-refractivity contribution is -0.142. The molecule has 1 N–H and O–H groups in total. The monoisotopic (exact) mass is 562 g/mol. The van der Waals surface area contributed by atoms with Gasteiger partial charge in [0.05, 0.1) is 12.2 Å². The summed E-state index contributed by atoms with van der Waals surface area (Å²) in [7, 11) is 0. The molecular formula is C25H16Cl2F4N6O. The minimum Gasteiger partial charge on any atom is -0.304 e. The topological polar surface area (TPSA) is 77.1 Å². The highest BCUT2D eigenvalue weighted by Gasteiger charge is 2.35. The van der Waals surface area contributed by atoms with Crippen molar-refractivity contribution >= 4 is 40.6 Å². The summed E-state index contributed by atoms with van der Waals surface area (Å²) in [5.41, 5.74) is -0.330. The van der Waals surface area contributed by atoms with Crippen molar-refractivity contribution in [3.8, 4) is 11.3 Å². The Hall–Kier alpha value is -3.96.